The molecule has 154 valence electrons. The van der Waals surface area contributed by atoms with E-state index in [1.54, 1.807) is 6.92 Å². The molecule has 6 heteroatoms. The molecule has 0 amide bonds. The summed E-state index contributed by atoms with van der Waals surface area (Å²) in [6.07, 6.45) is 0.249. The maximum atomic E-state index is 11.7. The molecular formula is C24H25N3O3. The number of aromatic nitrogens is 1. The van der Waals surface area contributed by atoms with Crippen LogP contribution >= 0.6 is 0 Å². The van der Waals surface area contributed by atoms with Gasteiger partial charge in [0.05, 0.1) is 24.9 Å². The van der Waals surface area contributed by atoms with Crippen molar-refractivity contribution in [3.05, 3.63) is 53.4 Å². The van der Waals surface area contributed by atoms with E-state index in [9.17, 15) is 4.79 Å². The first-order valence-electron chi connectivity index (χ1n) is 10.3. The summed E-state index contributed by atoms with van der Waals surface area (Å²) in [7, 11) is 0. The van der Waals surface area contributed by atoms with E-state index in [2.05, 4.69) is 24.2 Å². The van der Waals surface area contributed by atoms with E-state index in [1.807, 2.05) is 42.5 Å². The first-order valence-corrected chi connectivity index (χ1v) is 10.3. The lowest BCUT2D eigenvalue weighted by atomic mass is 10.0. The quantitative estimate of drug-likeness (QED) is 0.287. The molecule has 0 radical (unpaired) electrons. The minimum atomic E-state index is -0.241. The van der Waals surface area contributed by atoms with Gasteiger partial charge in [-0.25, -0.2) is 4.98 Å². The third kappa shape index (κ3) is 3.85. The predicted molar refractivity (Wildman–Crippen MR) is 119 cm³/mol. The number of fused-ring (bicyclic) bond motifs is 4. The minimum Gasteiger partial charge on any atom is -0.466 e. The number of carbonyl (C=O) groups is 1. The lowest BCUT2D eigenvalue weighted by Crippen LogP contribution is -2.10. The zero-order valence-corrected chi connectivity index (χ0v) is 17.5. The molecule has 0 spiro atoms. The second kappa shape index (κ2) is 8.53. The Hall–Kier alpha value is -3.41. The lowest BCUT2D eigenvalue weighted by molar-refractivity contribution is -0.142. The molecule has 4 rings (SSSR count). The van der Waals surface area contributed by atoms with Crippen LogP contribution in [-0.2, 0) is 9.53 Å². The highest BCUT2D eigenvalue weighted by atomic mass is 16.5. The van der Waals surface area contributed by atoms with E-state index >= 15 is 0 Å². The number of rotatable bonds is 6. The molecule has 0 aromatic heterocycles. The summed E-state index contributed by atoms with van der Waals surface area (Å²) in [6, 6.07) is 13.9. The van der Waals surface area contributed by atoms with Gasteiger partial charge in [0.25, 0.3) is 0 Å². The van der Waals surface area contributed by atoms with Gasteiger partial charge in [-0.05, 0) is 32.4 Å². The van der Waals surface area contributed by atoms with Crippen LogP contribution < -0.4 is 10.7 Å². The number of hydrogen-bond donors (Lipinski definition) is 1. The number of aryl methyl sites for hydroxylation is 1. The maximum absolute atomic E-state index is 11.7. The zero-order valence-electron chi connectivity index (χ0n) is 17.5. The molecule has 1 aliphatic heterocycles. The molecule has 1 aliphatic carbocycles. The molecule has 0 bridgehead atoms. The van der Waals surface area contributed by atoms with E-state index < -0.39 is 0 Å². The topological polar surface area (TPSA) is 76.7 Å². The highest BCUT2D eigenvalue weighted by Crippen LogP contribution is 2.32. The van der Waals surface area contributed by atoms with Gasteiger partial charge in [0, 0.05) is 35.1 Å². The van der Waals surface area contributed by atoms with Crippen LogP contribution in [-0.4, -0.2) is 30.6 Å². The van der Waals surface area contributed by atoms with Crippen LogP contribution in [0.2, 0.25) is 0 Å². The number of ether oxygens (including phenoxy) is 1. The fourth-order valence-electron chi connectivity index (χ4n) is 3.60. The van der Waals surface area contributed by atoms with Gasteiger partial charge in [0.1, 0.15) is 11.2 Å². The molecule has 6 nitrogen and oxygen atoms in total. The number of hydrogen-bond acceptors (Lipinski definition) is 6. The predicted octanol–water partition coefficient (Wildman–Crippen LogP) is 4.68. The Labute approximate surface area is 174 Å². The van der Waals surface area contributed by atoms with Crippen molar-refractivity contribution in [1.82, 2.24) is 4.98 Å². The normalized spacial score (nSPS) is 12.0. The summed E-state index contributed by atoms with van der Waals surface area (Å²) in [5, 5.41) is 6.10. The van der Waals surface area contributed by atoms with E-state index in [4.69, 9.17) is 14.1 Å². The van der Waals surface area contributed by atoms with Crippen LogP contribution in [0.5, 0.6) is 0 Å². The Kier molecular flexibility index (Phi) is 5.65. The molecule has 1 heterocycles. The summed E-state index contributed by atoms with van der Waals surface area (Å²) in [5.41, 5.74) is 4.50. The number of nitrogens with one attached hydrogen (secondary N) is 1. The fourth-order valence-corrected chi connectivity index (χ4v) is 3.60. The number of nitrogens with zero attached hydrogens (tertiary/aromatic N) is 2. The Morgan fingerprint density at radius 1 is 1.17 bits per heavy atom. The maximum Gasteiger partial charge on any atom is 0.307 e. The van der Waals surface area contributed by atoms with Crippen LogP contribution in [0.4, 0.5) is 5.69 Å². The molecule has 1 N–H and O–H groups in total. The van der Waals surface area contributed by atoms with Crippen LogP contribution in [0.15, 0.2) is 51.9 Å². The lowest BCUT2D eigenvalue weighted by Gasteiger charge is -2.13. The van der Waals surface area contributed by atoms with Crippen molar-refractivity contribution in [2.75, 3.05) is 25.0 Å². The number of benzene rings is 3. The highest BCUT2D eigenvalue weighted by molar-refractivity contribution is 5.96. The second-order valence-corrected chi connectivity index (χ2v) is 7.10. The van der Waals surface area contributed by atoms with Crippen LogP contribution in [0.3, 0.4) is 0 Å². The SMILES string of the molecule is CCNc1cc2oc3cc(=NCCC(=O)OCC)c4ccccc4c-3nc2cc1C. The van der Waals surface area contributed by atoms with Gasteiger partial charge in [-0.1, -0.05) is 24.3 Å². The molecule has 2 aromatic rings. The smallest absolute Gasteiger partial charge is 0.307 e. The average molecular weight is 403 g/mol. The van der Waals surface area contributed by atoms with Crippen molar-refractivity contribution >= 4 is 33.5 Å². The summed E-state index contributed by atoms with van der Waals surface area (Å²) < 4.78 is 11.2. The Balaban J connectivity index is 1.88. The molecule has 0 fully saturated rings. The van der Waals surface area contributed by atoms with Gasteiger partial charge in [0.15, 0.2) is 11.3 Å². The number of carbonyl (C=O) groups excluding carboxylic acids is 1. The van der Waals surface area contributed by atoms with Gasteiger partial charge >= 0.3 is 5.97 Å². The first kappa shape index (κ1) is 19.9. The van der Waals surface area contributed by atoms with E-state index in [0.717, 1.165) is 50.7 Å². The summed E-state index contributed by atoms with van der Waals surface area (Å²) in [6.45, 7) is 7.50. The van der Waals surface area contributed by atoms with Gasteiger partial charge in [0.2, 0.25) is 0 Å². The zero-order chi connectivity index (χ0) is 21.1. The van der Waals surface area contributed by atoms with Gasteiger partial charge in [-0.3, -0.25) is 9.79 Å². The third-order valence-corrected chi connectivity index (χ3v) is 4.99. The second-order valence-electron chi connectivity index (χ2n) is 7.10. The molecule has 0 unspecified atom stereocenters. The van der Waals surface area contributed by atoms with E-state index in [1.165, 1.54) is 0 Å². The largest absolute Gasteiger partial charge is 0.466 e. The van der Waals surface area contributed by atoms with Crippen molar-refractivity contribution < 1.29 is 13.9 Å². The van der Waals surface area contributed by atoms with Crippen molar-refractivity contribution in [3.8, 4) is 11.5 Å². The van der Waals surface area contributed by atoms with Gasteiger partial charge in [-0.2, -0.15) is 0 Å². The molecule has 2 aliphatic rings. The molecule has 0 atom stereocenters. The average Bonchev–Trinajstić information content (AvgIpc) is 2.74. The van der Waals surface area contributed by atoms with Gasteiger partial charge < -0.3 is 14.5 Å². The number of esters is 1. The summed E-state index contributed by atoms with van der Waals surface area (Å²) >= 11 is 0. The Morgan fingerprint density at radius 3 is 2.73 bits per heavy atom. The highest BCUT2D eigenvalue weighted by Gasteiger charge is 2.15. The molecule has 30 heavy (non-hydrogen) atoms. The van der Waals surface area contributed by atoms with Crippen molar-refractivity contribution in [2.45, 2.75) is 27.2 Å². The monoisotopic (exact) mass is 403 g/mol. The third-order valence-electron chi connectivity index (χ3n) is 4.99. The summed E-state index contributed by atoms with van der Waals surface area (Å²) in [4.78, 5) is 21.2. The van der Waals surface area contributed by atoms with E-state index in [-0.39, 0.29) is 12.4 Å². The Morgan fingerprint density at radius 2 is 1.97 bits per heavy atom. The van der Waals surface area contributed by atoms with Crippen molar-refractivity contribution in [1.29, 1.82) is 0 Å². The summed E-state index contributed by atoms with van der Waals surface area (Å²) in [5.74, 6) is 0.428. The molecule has 2 aromatic carbocycles. The van der Waals surface area contributed by atoms with Crippen LogP contribution in [0.1, 0.15) is 25.8 Å². The minimum absolute atomic E-state index is 0.241. The van der Waals surface area contributed by atoms with Crippen LogP contribution in [0.25, 0.3) is 33.3 Å². The standard InChI is InChI=1S/C24H25N3O3/c1-4-25-18-13-21-20(12-15(18)3)27-24-17-9-7-6-8-16(17)19(14-22(24)30-21)26-11-10-23(28)29-5-2/h6-9,12-14,25H,4-5,10-11H2,1-3H3. The molecule has 0 saturated carbocycles. The molecular weight excluding hydrogens is 378 g/mol. The van der Waals surface area contributed by atoms with E-state index in [0.29, 0.717) is 18.9 Å². The van der Waals surface area contributed by atoms with Crippen molar-refractivity contribution in [2.24, 2.45) is 4.99 Å². The van der Waals surface area contributed by atoms with Gasteiger partial charge in [-0.15, -0.1) is 0 Å². The van der Waals surface area contributed by atoms with Crippen molar-refractivity contribution in [3.63, 3.8) is 0 Å². The van der Waals surface area contributed by atoms with Crippen LogP contribution in [0, 0.1) is 6.92 Å². The molecule has 0 saturated heterocycles. The number of anilines is 1. The fraction of sp³-hybridized carbons (Fsp3) is 0.292. The Bertz CT molecular complexity index is 1260. The first-order chi connectivity index (χ1) is 14.6.